The first-order chi connectivity index (χ1) is 8.63. The molecule has 0 aliphatic heterocycles. The molecule has 0 amide bonds. The van der Waals surface area contributed by atoms with Crippen LogP contribution in [0.2, 0.25) is 0 Å². The summed E-state index contributed by atoms with van der Waals surface area (Å²) in [5, 5.41) is 10.3. The fourth-order valence-electron chi connectivity index (χ4n) is 1.61. The molecule has 0 saturated heterocycles. The Balaban J connectivity index is 2.34. The van der Waals surface area contributed by atoms with Crippen molar-refractivity contribution in [3.63, 3.8) is 0 Å². The van der Waals surface area contributed by atoms with E-state index in [1.54, 1.807) is 7.05 Å². The Hall–Kier alpha value is -1.53. The Morgan fingerprint density at radius 2 is 2.17 bits per heavy atom. The van der Waals surface area contributed by atoms with Gasteiger partial charge in [0.15, 0.2) is 5.16 Å². The van der Waals surface area contributed by atoms with Crippen LogP contribution in [0, 0.1) is 0 Å². The summed E-state index contributed by atoms with van der Waals surface area (Å²) in [6.07, 6.45) is 0. The first kappa shape index (κ1) is 12.9. The number of aromatic amines is 1. The smallest absolute Gasteiger partial charge is 0.313 e. The molecule has 0 spiro atoms. The van der Waals surface area contributed by atoms with Gasteiger partial charge in [0.1, 0.15) is 0 Å². The maximum atomic E-state index is 11.3. The highest BCUT2D eigenvalue weighted by molar-refractivity contribution is 7.99. The number of benzene rings is 1. The normalized spacial score (nSPS) is 12.6. The minimum absolute atomic E-state index is 0.198. The molecule has 6 heteroatoms. The fraction of sp³-hybridized carbons (Fsp3) is 0.333. The molecule has 1 atom stereocenters. The standard InChI is InChI=1S/C12H16N4OS/c1-8(13-2)9-6-4-5-7-10(9)18-12-15-14-11(17)16(12)3/h4-8,13H,1-3H3,(H,14,17). The van der Waals surface area contributed by atoms with Crippen molar-refractivity contribution >= 4 is 11.8 Å². The topological polar surface area (TPSA) is 62.7 Å². The second-order valence-electron chi connectivity index (χ2n) is 4.02. The summed E-state index contributed by atoms with van der Waals surface area (Å²) in [7, 11) is 3.63. The van der Waals surface area contributed by atoms with E-state index in [2.05, 4.69) is 28.5 Å². The zero-order valence-electron chi connectivity index (χ0n) is 10.6. The molecule has 2 N–H and O–H groups in total. The van der Waals surface area contributed by atoms with Crippen LogP contribution < -0.4 is 11.0 Å². The molecule has 2 rings (SSSR count). The molecular formula is C12H16N4OS. The van der Waals surface area contributed by atoms with Crippen molar-refractivity contribution in [2.45, 2.75) is 23.0 Å². The van der Waals surface area contributed by atoms with Gasteiger partial charge in [0.2, 0.25) is 0 Å². The third-order valence-corrected chi connectivity index (χ3v) is 4.00. The van der Waals surface area contributed by atoms with Crippen molar-refractivity contribution in [2.24, 2.45) is 7.05 Å². The Kier molecular flexibility index (Phi) is 3.88. The van der Waals surface area contributed by atoms with Gasteiger partial charge in [-0.15, -0.1) is 5.10 Å². The molecule has 5 nitrogen and oxygen atoms in total. The van der Waals surface area contributed by atoms with Crippen LogP contribution in [0.3, 0.4) is 0 Å². The summed E-state index contributed by atoms with van der Waals surface area (Å²) in [6.45, 7) is 2.10. The number of nitrogens with zero attached hydrogens (tertiary/aromatic N) is 2. The lowest BCUT2D eigenvalue weighted by Gasteiger charge is -2.14. The van der Waals surface area contributed by atoms with Gasteiger partial charge >= 0.3 is 5.69 Å². The van der Waals surface area contributed by atoms with Gasteiger partial charge < -0.3 is 5.32 Å². The van der Waals surface area contributed by atoms with E-state index in [-0.39, 0.29) is 11.7 Å². The lowest BCUT2D eigenvalue weighted by atomic mass is 10.1. The maximum absolute atomic E-state index is 11.3. The molecule has 0 bridgehead atoms. The minimum Gasteiger partial charge on any atom is -0.313 e. The monoisotopic (exact) mass is 264 g/mol. The molecule has 1 aromatic carbocycles. The Morgan fingerprint density at radius 1 is 1.44 bits per heavy atom. The van der Waals surface area contributed by atoms with E-state index in [1.165, 1.54) is 21.9 Å². The summed E-state index contributed by atoms with van der Waals surface area (Å²) < 4.78 is 1.51. The third kappa shape index (κ3) is 2.49. The van der Waals surface area contributed by atoms with Gasteiger partial charge in [-0.2, -0.15) is 0 Å². The number of hydrogen-bond donors (Lipinski definition) is 2. The number of H-pyrrole nitrogens is 1. The number of aromatic nitrogens is 3. The van der Waals surface area contributed by atoms with Gasteiger partial charge in [-0.05, 0) is 37.4 Å². The molecule has 0 aliphatic carbocycles. The van der Waals surface area contributed by atoms with Crippen LogP contribution in [0.25, 0.3) is 0 Å². The quantitative estimate of drug-likeness (QED) is 0.879. The van der Waals surface area contributed by atoms with Crippen LogP contribution in [0.4, 0.5) is 0 Å². The van der Waals surface area contributed by atoms with Crippen molar-refractivity contribution in [2.75, 3.05) is 7.05 Å². The predicted molar refractivity (Wildman–Crippen MR) is 71.9 cm³/mol. The van der Waals surface area contributed by atoms with E-state index in [0.717, 1.165) is 4.90 Å². The molecule has 1 unspecified atom stereocenters. The van der Waals surface area contributed by atoms with Crippen molar-refractivity contribution in [3.05, 3.63) is 40.3 Å². The van der Waals surface area contributed by atoms with Gasteiger partial charge in [0.05, 0.1) is 0 Å². The molecule has 1 heterocycles. The van der Waals surface area contributed by atoms with E-state index in [0.29, 0.717) is 5.16 Å². The first-order valence-electron chi connectivity index (χ1n) is 5.69. The van der Waals surface area contributed by atoms with Crippen LogP contribution in [-0.4, -0.2) is 21.8 Å². The first-order valence-corrected chi connectivity index (χ1v) is 6.50. The molecule has 0 saturated carbocycles. The maximum Gasteiger partial charge on any atom is 0.343 e. The average molecular weight is 264 g/mol. The van der Waals surface area contributed by atoms with Gasteiger partial charge in [-0.25, -0.2) is 9.89 Å². The van der Waals surface area contributed by atoms with Crippen LogP contribution in [0.1, 0.15) is 18.5 Å². The zero-order valence-corrected chi connectivity index (χ0v) is 11.4. The highest BCUT2D eigenvalue weighted by Gasteiger charge is 2.12. The minimum atomic E-state index is -0.198. The second-order valence-corrected chi connectivity index (χ2v) is 5.03. The molecule has 0 aliphatic rings. The number of rotatable bonds is 4. The fourth-order valence-corrected chi connectivity index (χ4v) is 2.63. The van der Waals surface area contributed by atoms with E-state index >= 15 is 0 Å². The number of nitrogens with one attached hydrogen (secondary N) is 2. The van der Waals surface area contributed by atoms with Crippen LogP contribution >= 0.6 is 11.8 Å². The molecule has 0 radical (unpaired) electrons. The lowest BCUT2D eigenvalue weighted by molar-refractivity contribution is 0.641. The summed E-state index contributed by atoms with van der Waals surface area (Å²) in [4.78, 5) is 12.4. The van der Waals surface area contributed by atoms with Gasteiger partial charge in [-0.1, -0.05) is 18.2 Å². The SMILES string of the molecule is CNC(C)c1ccccc1Sc1n[nH]c(=O)n1C. The molecule has 0 fully saturated rings. The zero-order chi connectivity index (χ0) is 13.1. The molecule has 2 aromatic rings. The highest BCUT2D eigenvalue weighted by atomic mass is 32.2. The Morgan fingerprint density at radius 3 is 2.78 bits per heavy atom. The highest BCUT2D eigenvalue weighted by Crippen LogP contribution is 2.31. The van der Waals surface area contributed by atoms with Crippen molar-refractivity contribution in [1.29, 1.82) is 0 Å². The Labute approximate surface area is 110 Å². The molecule has 1 aromatic heterocycles. The van der Waals surface area contributed by atoms with Crippen LogP contribution in [0.5, 0.6) is 0 Å². The van der Waals surface area contributed by atoms with E-state index < -0.39 is 0 Å². The Bertz CT molecular complexity index is 590. The predicted octanol–water partition coefficient (Wildman–Crippen LogP) is 1.54. The van der Waals surface area contributed by atoms with E-state index in [1.807, 2.05) is 25.2 Å². The van der Waals surface area contributed by atoms with Crippen molar-refractivity contribution in [3.8, 4) is 0 Å². The van der Waals surface area contributed by atoms with Crippen LogP contribution in [0.15, 0.2) is 39.1 Å². The van der Waals surface area contributed by atoms with Crippen LogP contribution in [-0.2, 0) is 7.05 Å². The molecule has 18 heavy (non-hydrogen) atoms. The summed E-state index contributed by atoms with van der Waals surface area (Å²) in [5.74, 6) is 0. The largest absolute Gasteiger partial charge is 0.343 e. The van der Waals surface area contributed by atoms with E-state index in [9.17, 15) is 4.79 Å². The van der Waals surface area contributed by atoms with Crippen molar-refractivity contribution in [1.82, 2.24) is 20.1 Å². The molecule has 96 valence electrons. The summed E-state index contributed by atoms with van der Waals surface area (Å²) >= 11 is 1.49. The summed E-state index contributed by atoms with van der Waals surface area (Å²) in [6, 6.07) is 8.36. The van der Waals surface area contributed by atoms with Crippen molar-refractivity contribution < 1.29 is 0 Å². The van der Waals surface area contributed by atoms with Gasteiger partial charge in [0, 0.05) is 18.0 Å². The van der Waals surface area contributed by atoms with E-state index in [4.69, 9.17) is 0 Å². The van der Waals surface area contributed by atoms with Gasteiger partial charge in [-0.3, -0.25) is 4.57 Å². The number of hydrogen-bond acceptors (Lipinski definition) is 4. The third-order valence-electron chi connectivity index (χ3n) is 2.86. The lowest BCUT2D eigenvalue weighted by Crippen LogP contribution is -2.14. The molecular weight excluding hydrogens is 248 g/mol. The summed E-state index contributed by atoms with van der Waals surface area (Å²) in [5.41, 5.74) is 0.997. The van der Waals surface area contributed by atoms with Gasteiger partial charge in [0.25, 0.3) is 0 Å². The average Bonchev–Trinajstić information content (AvgIpc) is 2.70. The second kappa shape index (κ2) is 5.41.